The van der Waals surface area contributed by atoms with Crippen LogP contribution in [0.4, 0.5) is 0 Å². The lowest BCUT2D eigenvalue weighted by atomic mass is 10.5. The molecule has 1 aromatic heterocycles. The maximum absolute atomic E-state index is 9.56. The van der Waals surface area contributed by atoms with Crippen LogP contribution in [0.2, 0.25) is 0 Å². The first-order valence-electron chi connectivity index (χ1n) is 3.02. The summed E-state index contributed by atoms with van der Waals surface area (Å²) in [6.45, 7) is 1.88. The first kappa shape index (κ1) is 10.8. The van der Waals surface area contributed by atoms with Gasteiger partial charge < -0.3 is 4.42 Å². The third-order valence-corrected chi connectivity index (χ3v) is 1.30. The summed E-state index contributed by atoms with van der Waals surface area (Å²) in [6.07, 6.45) is 4.90. The lowest BCUT2D eigenvalue weighted by Crippen LogP contribution is -1.70. The second kappa shape index (κ2) is 5.43. The lowest BCUT2D eigenvalue weighted by Gasteiger charge is -1.78. The molecule has 0 amide bonds. The lowest BCUT2D eigenvalue weighted by molar-refractivity contribution is 0.527. The highest BCUT2D eigenvalue weighted by Crippen LogP contribution is 2.11. The Balaban J connectivity index is 0.000000218. The molecule has 2 nitrogen and oxygen atoms in total. The van der Waals surface area contributed by atoms with E-state index in [-0.39, 0.29) is 0 Å². The number of furan rings is 1. The van der Waals surface area contributed by atoms with Crippen molar-refractivity contribution in [1.82, 2.24) is 0 Å². The second-order valence-electron chi connectivity index (χ2n) is 2.10. The van der Waals surface area contributed by atoms with E-state index in [0.717, 1.165) is 10.7 Å². The van der Waals surface area contributed by atoms with E-state index in [2.05, 4.69) is 12.6 Å². The smallest absolute Gasteiger partial charge is 0.113 e. The van der Waals surface area contributed by atoms with Crippen LogP contribution in [0, 0.1) is 6.92 Å². The molecular weight excluding hydrogens is 180 g/mol. The average molecular weight is 192 g/mol. The summed E-state index contributed by atoms with van der Waals surface area (Å²) in [7, 11) is -0.611. The van der Waals surface area contributed by atoms with Crippen LogP contribution in [0.5, 0.6) is 0 Å². The van der Waals surface area contributed by atoms with E-state index in [1.807, 2.05) is 13.0 Å². The zero-order valence-electron chi connectivity index (χ0n) is 6.83. The molecule has 0 saturated heterocycles. The Hall–Kier alpha value is -0.220. The molecule has 0 saturated carbocycles. The second-order valence-corrected chi connectivity index (χ2v) is 4.07. The summed E-state index contributed by atoms with van der Waals surface area (Å²) >= 11 is 4.06. The van der Waals surface area contributed by atoms with Gasteiger partial charge in [0.05, 0.1) is 6.26 Å². The van der Waals surface area contributed by atoms with Gasteiger partial charge in [-0.3, -0.25) is 4.21 Å². The standard InChI is InChI=1S/C5H6OS.C2H6OS/c1-4-5(7)2-3-6-4;1-4(2)3/h2-3,7H,1H3;1-2H3. The molecule has 0 aliphatic heterocycles. The van der Waals surface area contributed by atoms with E-state index in [1.165, 1.54) is 0 Å². The van der Waals surface area contributed by atoms with Crippen molar-refractivity contribution in [3.05, 3.63) is 18.1 Å². The fraction of sp³-hybridized carbons (Fsp3) is 0.429. The molecule has 11 heavy (non-hydrogen) atoms. The van der Waals surface area contributed by atoms with E-state index in [1.54, 1.807) is 18.8 Å². The van der Waals surface area contributed by atoms with Gasteiger partial charge in [-0.1, -0.05) is 0 Å². The van der Waals surface area contributed by atoms with Crippen molar-refractivity contribution < 1.29 is 8.63 Å². The molecule has 1 rings (SSSR count). The molecule has 0 fully saturated rings. The van der Waals surface area contributed by atoms with Crippen LogP contribution >= 0.6 is 12.6 Å². The molecule has 0 radical (unpaired) electrons. The number of hydrogen-bond donors (Lipinski definition) is 1. The topological polar surface area (TPSA) is 30.2 Å². The van der Waals surface area contributed by atoms with E-state index in [9.17, 15) is 4.21 Å². The van der Waals surface area contributed by atoms with Crippen LogP contribution in [0.3, 0.4) is 0 Å². The highest BCUT2D eigenvalue weighted by atomic mass is 32.2. The highest BCUT2D eigenvalue weighted by molar-refractivity contribution is 7.83. The van der Waals surface area contributed by atoms with Gasteiger partial charge in [-0.15, -0.1) is 12.6 Å². The summed E-state index contributed by atoms with van der Waals surface area (Å²) in [5, 5.41) is 0. The minimum atomic E-state index is -0.611. The number of thiol groups is 1. The van der Waals surface area contributed by atoms with Crippen molar-refractivity contribution in [2.75, 3.05) is 12.5 Å². The van der Waals surface area contributed by atoms with Crippen LogP contribution in [0.1, 0.15) is 5.76 Å². The van der Waals surface area contributed by atoms with Crippen molar-refractivity contribution >= 4 is 23.4 Å². The highest BCUT2D eigenvalue weighted by Gasteiger charge is 1.90. The van der Waals surface area contributed by atoms with Crippen molar-refractivity contribution in [3.8, 4) is 0 Å². The monoisotopic (exact) mass is 192 g/mol. The Morgan fingerprint density at radius 3 is 2.09 bits per heavy atom. The molecule has 64 valence electrons. The van der Waals surface area contributed by atoms with E-state index >= 15 is 0 Å². The molecule has 0 aliphatic carbocycles. The van der Waals surface area contributed by atoms with E-state index in [4.69, 9.17) is 4.42 Å². The van der Waals surface area contributed by atoms with Gasteiger partial charge >= 0.3 is 0 Å². The molecule has 4 heteroatoms. The van der Waals surface area contributed by atoms with Crippen molar-refractivity contribution in [3.63, 3.8) is 0 Å². The summed E-state index contributed by atoms with van der Waals surface area (Å²) in [5.41, 5.74) is 0. The molecule has 0 N–H and O–H groups in total. The van der Waals surface area contributed by atoms with Crippen LogP contribution in [-0.4, -0.2) is 16.7 Å². The SMILES string of the molecule is CS(C)=O.Cc1occc1S. The van der Waals surface area contributed by atoms with E-state index in [0.29, 0.717) is 0 Å². The fourth-order valence-electron chi connectivity index (χ4n) is 0.378. The van der Waals surface area contributed by atoms with Gasteiger partial charge in [0.2, 0.25) is 0 Å². The van der Waals surface area contributed by atoms with Crippen LogP contribution in [0.25, 0.3) is 0 Å². The van der Waals surface area contributed by atoms with Crippen LogP contribution in [-0.2, 0) is 10.8 Å². The summed E-state index contributed by atoms with van der Waals surface area (Å²) in [4.78, 5) is 0.917. The van der Waals surface area contributed by atoms with Gasteiger partial charge in [0, 0.05) is 28.2 Å². The number of aryl methyl sites for hydroxylation is 1. The molecular formula is C7H12O2S2. The Labute approximate surface area is 74.9 Å². The van der Waals surface area contributed by atoms with Crippen LogP contribution < -0.4 is 0 Å². The Bertz CT molecular complexity index is 210. The first-order chi connectivity index (χ1) is 5.04. The molecule has 1 heterocycles. The summed E-state index contributed by atoms with van der Waals surface area (Å²) < 4.78 is 14.4. The molecule has 0 aromatic carbocycles. The van der Waals surface area contributed by atoms with Gasteiger partial charge in [0.15, 0.2) is 0 Å². The summed E-state index contributed by atoms with van der Waals surface area (Å²) in [6, 6.07) is 1.82. The van der Waals surface area contributed by atoms with Gasteiger partial charge in [-0.25, -0.2) is 0 Å². The van der Waals surface area contributed by atoms with Crippen molar-refractivity contribution in [2.45, 2.75) is 11.8 Å². The fourth-order valence-corrected chi connectivity index (χ4v) is 0.492. The quantitative estimate of drug-likeness (QED) is 0.636. The van der Waals surface area contributed by atoms with Crippen molar-refractivity contribution in [2.24, 2.45) is 0 Å². The van der Waals surface area contributed by atoms with Gasteiger partial charge in [0.25, 0.3) is 0 Å². The largest absolute Gasteiger partial charge is 0.468 e. The predicted octanol–water partition coefficient (Wildman–Crippen LogP) is 1.87. The Morgan fingerprint density at radius 2 is 2.00 bits per heavy atom. The molecule has 0 aliphatic rings. The third kappa shape index (κ3) is 6.19. The predicted molar refractivity (Wildman–Crippen MR) is 50.7 cm³/mol. The van der Waals surface area contributed by atoms with Gasteiger partial charge in [-0.2, -0.15) is 0 Å². The van der Waals surface area contributed by atoms with Gasteiger partial charge in [-0.05, 0) is 13.0 Å². The zero-order chi connectivity index (χ0) is 8.85. The molecule has 0 unspecified atom stereocenters. The summed E-state index contributed by atoms with van der Waals surface area (Å²) in [5.74, 6) is 0.878. The molecule has 0 atom stereocenters. The number of rotatable bonds is 0. The zero-order valence-corrected chi connectivity index (χ0v) is 8.54. The van der Waals surface area contributed by atoms with Gasteiger partial charge in [0.1, 0.15) is 5.76 Å². The third-order valence-electron chi connectivity index (χ3n) is 0.831. The molecule has 1 aromatic rings. The normalized spacial score (nSPS) is 9.18. The average Bonchev–Trinajstić information content (AvgIpc) is 2.15. The Morgan fingerprint density at radius 1 is 1.55 bits per heavy atom. The van der Waals surface area contributed by atoms with Crippen molar-refractivity contribution in [1.29, 1.82) is 0 Å². The first-order valence-corrected chi connectivity index (χ1v) is 5.43. The minimum Gasteiger partial charge on any atom is -0.468 e. The Kier molecular flexibility index (Phi) is 5.32. The van der Waals surface area contributed by atoms with E-state index < -0.39 is 10.8 Å². The maximum Gasteiger partial charge on any atom is 0.113 e. The number of hydrogen-bond acceptors (Lipinski definition) is 3. The molecule has 0 spiro atoms. The van der Waals surface area contributed by atoms with Crippen LogP contribution in [0.15, 0.2) is 21.6 Å². The minimum absolute atomic E-state index is 0.611. The maximum atomic E-state index is 9.56. The molecule has 0 bridgehead atoms.